The van der Waals surface area contributed by atoms with Crippen LogP contribution >= 0.6 is 0 Å². The zero-order chi connectivity index (χ0) is 18.8. The Hall–Kier alpha value is -2.11. The zero-order valence-electron chi connectivity index (χ0n) is 15.9. The van der Waals surface area contributed by atoms with E-state index in [1.807, 2.05) is 43.3 Å². The fraction of sp³-hybridized carbons (Fsp3) is 0.381. The van der Waals surface area contributed by atoms with Crippen LogP contribution in [0.1, 0.15) is 38.8 Å². The van der Waals surface area contributed by atoms with Gasteiger partial charge in [0, 0.05) is 0 Å². The molecular weight excluding hydrogens is 342 g/mol. The Kier molecular flexibility index (Phi) is 5.21. The minimum Gasteiger partial charge on any atom is -0.444 e. The second-order valence-electron chi connectivity index (χ2n) is 8.05. The standard InChI is InChI=1S/C21H27NO3Si/c1-15-18(22-19(23)24-15)21(25-26-20(2,3)4,16-11-7-5-8-12-16)17-13-9-6-10-14-17/h5-15,18H,26H2,1-4H3,(H,22,23)/t15-,18-/m0/s1. The van der Waals surface area contributed by atoms with Crippen molar-refractivity contribution in [2.45, 2.75) is 50.5 Å². The number of alkyl carbamates (subject to hydrolysis) is 1. The molecule has 0 bridgehead atoms. The van der Waals surface area contributed by atoms with Crippen molar-refractivity contribution in [2.75, 3.05) is 0 Å². The van der Waals surface area contributed by atoms with Crippen LogP contribution in [0, 0.1) is 0 Å². The van der Waals surface area contributed by atoms with Crippen molar-refractivity contribution in [3.8, 4) is 0 Å². The summed E-state index contributed by atoms with van der Waals surface area (Å²) < 4.78 is 12.3. The molecule has 0 aliphatic carbocycles. The third kappa shape index (κ3) is 3.69. The second-order valence-corrected chi connectivity index (χ2v) is 10.7. The van der Waals surface area contributed by atoms with Crippen LogP contribution in [-0.2, 0) is 14.8 Å². The van der Waals surface area contributed by atoms with Crippen molar-refractivity contribution in [3.05, 3.63) is 71.8 Å². The molecule has 26 heavy (non-hydrogen) atoms. The van der Waals surface area contributed by atoms with E-state index in [0.29, 0.717) is 0 Å². The number of benzene rings is 2. The molecular formula is C21H27NO3Si. The molecule has 2 aromatic rings. The fourth-order valence-corrected chi connectivity index (χ4v) is 4.61. The highest BCUT2D eigenvalue weighted by Gasteiger charge is 2.51. The van der Waals surface area contributed by atoms with Crippen molar-refractivity contribution in [1.29, 1.82) is 0 Å². The zero-order valence-corrected chi connectivity index (χ0v) is 17.3. The van der Waals surface area contributed by atoms with Gasteiger partial charge in [0.15, 0.2) is 9.76 Å². The van der Waals surface area contributed by atoms with E-state index in [1.165, 1.54) is 0 Å². The molecule has 1 fully saturated rings. The summed E-state index contributed by atoms with van der Waals surface area (Å²) in [6.45, 7) is 8.53. The maximum absolute atomic E-state index is 12.0. The Morgan fingerprint density at radius 2 is 1.46 bits per heavy atom. The number of hydrogen-bond donors (Lipinski definition) is 1. The third-order valence-electron chi connectivity index (χ3n) is 4.61. The first kappa shape index (κ1) is 18.7. The smallest absolute Gasteiger partial charge is 0.407 e. The number of carbonyl (C=O) groups excluding carboxylic acids is 1. The molecule has 1 saturated heterocycles. The van der Waals surface area contributed by atoms with Crippen LogP contribution in [-0.4, -0.2) is 28.0 Å². The molecule has 138 valence electrons. The molecule has 1 N–H and O–H groups in total. The van der Waals surface area contributed by atoms with Crippen LogP contribution in [0.5, 0.6) is 0 Å². The van der Waals surface area contributed by atoms with Gasteiger partial charge in [0.25, 0.3) is 0 Å². The predicted molar refractivity (Wildman–Crippen MR) is 106 cm³/mol. The lowest BCUT2D eigenvalue weighted by molar-refractivity contribution is 0.0397. The molecule has 0 saturated carbocycles. The molecule has 0 radical (unpaired) electrons. The predicted octanol–water partition coefficient (Wildman–Crippen LogP) is 3.75. The summed E-state index contributed by atoms with van der Waals surface area (Å²) in [5, 5.41) is 3.13. The van der Waals surface area contributed by atoms with Gasteiger partial charge in [0.2, 0.25) is 0 Å². The summed E-state index contributed by atoms with van der Waals surface area (Å²) in [5.74, 6) is 0. The number of hydrogen-bond acceptors (Lipinski definition) is 3. The average Bonchev–Trinajstić information content (AvgIpc) is 2.95. The summed E-state index contributed by atoms with van der Waals surface area (Å²) in [4.78, 5) is 12.0. The molecule has 0 unspecified atom stereocenters. The lowest BCUT2D eigenvalue weighted by Gasteiger charge is -2.42. The SMILES string of the molecule is C[C@@H]1OC(=O)N[C@@H]1C(O[SiH2]C(C)(C)C)(c1ccccc1)c1ccccc1. The van der Waals surface area contributed by atoms with Gasteiger partial charge in [-0.25, -0.2) is 4.79 Å². The topological polar surface area (TPSA) is 47.6 Å². The third-order valence-corrected chi connectivity index (χ3v) is 6.08. The highest BCUT2D eigenvalue weighted by molar-refractivity contribution is 6.32. The molecule has 1 aliphatic rings. The summed E-state index contributed by atoms with van der Waals surface area (Å²) in [6, 6.07) is 20.0. The van der Waals surface area contributed by atoms with Gasteiger partial charge < -0.3 is 14.5 Å². The minimum absolute atomic E-state index is 0.113. The number of amides is 1. The lowest BCUT2D eigenvalue weighted by Crippen LogP contribution is -2.53. The summed E-state index contributed by atoms with van der Waals surface area (Å²) in [5.41, 5.74) is 1.30. The van der Waals surface area contributed by atoms with E-state index in [2.05, 4.69) is 50.4 Å². The highest BCUT2D eigenvalue weighted by atomic mass is 28.2. The van der Waals surface area contributed by atoms with Crippen LogP contribution in [0.3, 0.4) is 0 Å². The van der Waals surface area contributed by atoms with Gasteiger partial charge in [-0.1, -0.05) is 81.4 Å². The van der Waals surface area contributed by atoms with Crippen molar-refractivity contribution in [2.24, 2.45) is 0 Å². The number of rotatable bonds is 5. The van der Waals surface area contributed by atoms with Gasteiger partial charge in [-0.2, -0.15) is 0 Å². The molecule has 5 heteroatoms. The lowest BCUT2D eigenvalue weighted by atomic mass is 9.78. The van der Waals surface area contributed by atoms with Crippen LogP contribution < -0.4 is 5.32 Å². The molecule has 0 aromatic heterocycles. The van der Waals surface area contributed by atoms with E-state index in [4.69, 9.17) is 9.16 Å². The maximum Gasteiger partial charge on any atom is 0.407 e. The van der Waals surface area contributed by atoms with Gasteiger partial charge in [-0.3, -0.25) is 0 Å². The van der Waals surface area contributed by atoms with Gasteiger partial charge in [0.05, 0.1) is 0 Å². The molecule has 2 aromatic carbocycles. The number of ether oxygens (including phenoxy) is 1. The van der Waals surface area contributed by atoms with Crippen LogP contribution in [0.4, 0.5) is 4.79 Å². The summed E-state index contributed by atoms with van der Waals surface area (Å²) in [7, 11) is -0.922. The van der Waals surface area contributed by atoms with E-state index in [9.17, 15) is 4.79 Å². The Morgan fingerprint density at radius 3 is 1.85 bits per heavy atom. The van der Waals surface area contributed by atoms with Crippen LogP contribution in [0.15, 0.2) is 60.7 Å². The number of carbonyl (C=O) groups is 1. The first-order valence-corrected chi connectivity index (χ1v) is 10.3. The average molecular weight is 370 g/mol. The normalized spacial score (nSPS) is 21.0. The minimum atomic E-state index is -0.922. The maximum atomic E-state index is 12.0. The molecule has 0 spiro atoms. The molecule has 1 aliphatic heterocycles. The number of nitrogens with one attached hydrogen (secondary N) is 1. The van der Waals surface area contributed by atoms with Gasteiger partial charge in [-0.05, 0) is 23.1 Å². The van der Waals surface area contributed by atoms with E-state index in [-0.39, 0.29) is 23.3 Å². The molecule has 1 amide bonds. The van der Waals surface area contributed by atoms with E-state index in [0.717, 1.165) is 11.1 Å². The monoisotopic (exact) mass is 369 g/mol. The van der Waals surface area contributed by atoms with Gasteiger partial charge in [-0.15, -0.1) is 0 Å². The summed E-state index contributed by atoms with van der Waals surface area (Å²) in [6.07, 6.45) is -0.684. The van der Waals surface area contributed by atoms with Crippen molar-refractivity contribution in [3.63, 3.8) is 0 Å². The van der Waals surface area contributed by atoms with Gasteiger partial charge in [0.1, 0.15) is 17.7 Å². The molecule has 1 heterocycles. The first-order chi connectivity index (χ1) is 12.3. The van der Waals surface area contributed by atoms with Gasteiger partial charge >= 0.3 is 6.09 Å². The quantitative estimate of drug-likeness (QED) is 0.817. The van der Waals surface area contributed by atoms with Crippen molar-refractivity contribution < 1.29 is 14.0 Å². The van der Waals surface area contributed by atoms with E-state index < -0.39 is 15.4 Å². The molecule has 4 nitrogen and oxygen atoms in total. The number of cyclic esters (lactones) is 1. The molecule has 3 rings (SSSR count). The fourth-order valence-electron chi connectivity index (χ4n) is 3.43. The van der Waals surface area contributed by atoms with E-state index in [1.54, 1.807) is 0 Å². The Bertz CT molecular complexity index is 703. The summed E-state index contributed by atoms with van der Waals surface area (Å²) >= 11 is 0. The Morgan fingerprint density at radius 1 is 0.962 bits per heavy atom. The first-order valence-electron chi connectivity index (χ1n) is 9.05. The molecule has 2 atom stereocenters. The Labute approximate surface area is 157 Å². The second kappa shape index (κ2) is 7.25. The van der Waals surface area contributed by atoms with Crippen molar-refractivity contribution in [1.82, 2.24) is 5.32 Å². The Balaban J connectivity index is 2.18. The van der Waals surface area contributed by atoms with Crippen LogP contribution in [0.25, 0.3) is 0 Å². The van der Waals surface area contributed by atoms with Crippen LogP contribution in [0.2, 0.25) is 5.04 Å². The van der Waals surface area contributed by atoms with E-state index >= 15 is 0 Å². The largest absolute Gasteiger partial charge is 0.444 e. The van der Waals surface area contributed by atoms with Crippen molar-refractivity contribution >= 4 is 15.9 Å². The highest BCUT2D eigenvalue weighted by Crippen LogP contribution is 2.41.